The van der Waals surface area contributed by atoms with E-state index in [1.54, 1.807) is 7.05 Å². The van der Waals surface area contributed by atoms with E-state index < -0.39 is 0 Å². The van der Waals surface area contributed by atoms with Crippen LogP contribution in [-0.2, 0) is 17.9 Å². The van der Waals surface area contributed by atoms with Gasteiger partial charge in [0, 0.05) is 38.6 Å². The fourth-order valence-electron chi connectivity index (χ4n) is 2.65. The molecule has 1 aromatic rings. The van der Waals surface area contributed by atoms with E-state index in [9.17, 15) is 4.79 Å². The molecule has 1 aromatic carbocycles. The highest BCUT2D eigenvalue weighted by molar-refractivity contribution is 5.80. The molecule has 126 valence electrons. The van der Waals surface area contributed by atoms with Crippen molar-refractivity contribution in [3.63, 3.8) is 0 Å². The van der Waals surface area contributed by atoms with Crippen molar-refractivity contribution >= 4 is 11.9 Å². The zero-order valence-corrected chi connectivity index (χ0v) is 14.6. The van der Waals surface area contributed by atoms with E-state index in [1.807, 2.05) is 11.0 Å². The number of amides is 1. The predicted molar refractivity (Wildman–Crippen MR) is 94.2 cm³/mol. The van der Waals surface area contributed by atoms with Crippen molar-refractivity contribution in [2.45, 2.75) is 52.2 Å². The van der Waals surface area contributed by atoms with Gasteiger partial charge >= 0.3 is 0 Å². The minimum absolute atomic E-state index is 0.0280. The standard InChI is InChI=1S/C18H28N4O/c1-18(2,3)21-17(19-4)20-12-14-7-5-8-15(11-14)13-22-10-6-9-16(22)23/h5,7-8,11H,6,9-10,12-13H2,1-4H3,(H2,19,20,21). The summed E-state index contributed by atoms with van der Waals surface area (Å²) in [6.07, 6.45) is 1.67. The average Bonchev–Trinajstić information content (AvgIpc) is 2.88. The first-order chi connectivity index (χ1) is 10.9. The minimum atomic E-state index is -0.0280. The van der Waals surface area contributed by atoms with Gasteiger partial charge in [-0.3, -0.25) is 9.79 Å². The van der Waals surface area contributed by atoms with Crippen LogP contribution in [0.5, 0.6) is 0 Å². The van der Waals surface area contributed by atoms with Crippen LogP contribution in [0, 0.1) is 0 Å². The Bertz CT molecular complexity index is 575. The lowest BCUT2D eigenvalue weighted by atomic mass is 10.1. The molecule has 0 bridgehead atoms. The molecule has 0 spiro atoms. The molecule has 1 heterocycles. The number of hydrogen-bond donors (Lipinski definition) is 2. The number of hydrogen-bond acceptors (Lipinski definition) is 2. The van der Waals surface area contributed by atoms with Crippen molar-refractivity contribution < 1.29 is 4.79 Å². The summed E-state index contributed by atoms with van der Waals surface area (Å²) >= 11 is 0. The lowest BCUT2D eigenvalue weighted by Crippen LogP contribution is -2.47. The van der Waals surface area contributed by atoms with E-state index in [-0.39, 0.29) is 11.4 Å². The van der Waals surface area contributed by atoms with Crippen LogP contribution in [0.15, 0.2) is 29.3 Å². The third kappa shape index (κ3) is 5.58. The van der Waals surface area contributed by atoms with Gasteiger partial charge in [0.05, 0.1) is 0 Å². The molecular formula is C18H28N4O. The van der Waals surface area contributed by atoms with E-state index in [0.717, 1.165) is 18.9 Å². The first-order valence-electron chi connectivity index (χ1n) is 8.22. The Morgan fingerprint density at radius 3 is 2.65 bits per heavy atom. The molecule has 0 radical (unpaired) electrons. The zero-order chi connectivity index (χ0) is 16.9. The first kappa shape index (κ1) is 17.3. The highest BCUT2D eigenvalue weighted by atomic mass is 16.2. The summed E-state index contributed by atoms with van der Waals surface area (Å²) in [6.45, 7) is 8.61. The number of rotatable bonds is 4. The second kappa shape index (κ2) is 7.49. The molecule has 0 unspecified atom stereocenters. The van der Waals surface area contributed by atoms with E-state index in [1.165, 1.54) is 11.1 Å². The van der Waals surface area contributed by atoms with Crippen LogP contribution in [0.4, 0.5) is 0 Å². The molecule has 1 saturated heterocycles. The Hall–Kier alpha value is -2.04. The lowest BCUT2D eigenvalue weighted by molar-refractivity contribution is -0.128. The third-order valence-electron chi connectivity index (χ3n) is 3.71. The van der Waals surface area contributed by atoms with Gasteiger partial charge in [0.1, 0.15) is 0 Å². The maximum atomic E-state index is 11.7. The second-order valence-electron chi connectivity index (χ2n) is 7.04. The minimum Gasteiger partial charge on any atom is -0.352 e. The molecule has 0 atom stereocenters. The van der Waals surface area contributed by atoms with Crippen LogP contribution in [0.1, 0.15) is 44.7 Å². The summed E-state index contributed by atoms with van der Waals surface area (Å²) in [6, 6.07) is 8.37. The highest BCUT2D eigenvalue weighted by Gasteiger charge is 2.20. The van der Waals surface area contributed by atoms with Crippen LogP contribution >= 0.6 is 0 Å². The number of carbonyl (C=O) groups is 1. The number of nitrogens with one attached hydrogen (secondary N) is 2. The van der Waals surface area contributed by atoms with Gasteiger partial charge < -0.3 is 15.5 Å². The molecular weight excluding hydrogens is 288 g/mol. The molecule has 0 saturated carbocycles. The summed E-state index contributed by atoms with van der Waals surface area (Å²) in [5, 5.41) is 6.67. The molecule has 1 aliphatic rings. The third-order valence-corrected chi connectivity index (χ3v) is 3.71. The van der Waals surface area contributed by atoms with E-state index >= 15 is 0 Å². The van der Waals surface area contributed by atoms with Gasteiger partial charge in [-0.2, -0.15) is 0 Å². The van der Waals surface area contributed by atoms with Crippen molar-refractivity contribution in [3.05, 3.63) is 35.4 Å². The largest absolute Gasteiger partial charge is 0.352 e. The van der Waals surface area contributed by atoms with Gasteiger partial charge in [0.25, 0.3) is 0 Å². The van der Waals surface area contributed by atoms with Crippen LogP contribution < -0.4 is 10.6 Å². The van der Waals surface area contributed by atoms with Crippen molar-refractivity contribution in [1.29, 1.82) is 0 Å². The van der Waals surface area contributed by atoms with E-state index in [0.29, 0.717) is 19.5 Å². The van der Waals surface area contributed by atoms with Crippen molar-refractivity contribution in [1.82, 2.24) is 15.5 Å². The monoisotopic (exact) mass is 316 g/mol. The fourth-order valence-corrected chi connectivity index (χ4v) is 2.65. The molecule has 5 nitrogen and oxygen atoms in total. The normalized spacial score (nSPS) is 15.9. The summed E-state index contributed by atoms with van der Waals surface area (Å²) in [4.78, 5) is 17.9. The lowest BCUT2D eigenvalue weighted by Gasteiger charge is -2.24. The number of likely N-dealkylation sites (tertiary alicyclic amines) is 1. The van der Waals surface area contributed by atoms with Crippen LogP contribution in [0.3, 0.4) is 0 Å². The molecule has 1 aliphatic heterocycles. The molecule has 2 N–H and O–H groups in total. The topological polar surface area (TPSA) is 56.7 Å². The number of guanidine groups is 1. The molecule has 0 aliphatic carbocycles. The number of aliphatic imine (C=N–C) groups is 1. The average molecular weight is 316 g/mol. The smallest absolute Gasteiger partial charge is 0.222 e. The molecule has 1 fully saturated rings. The molecule has 2 rings (SSSR count). The zero-order valence-electron chi connectivity index (χ0n) is 14.6. The maximum Gasteiger partial charge on any atom is 0.222 e. The Kier molecular flexibility index (Phi) is 5.64. The van der Waals surface area contributed by atoms with E-state index in [2.05, 4.69) is 54.6 Å². The van der Waals surface area contributed by atoms with Gasteiger partial charge in [-0.15, -0.1) is 0 Å². The molecule has 5 heteroatoms. The summed E-state index contributed by atoms with van der Waals surface area (Å²) in [5.41, 5.74) is 2.34. The Labute approximate surface area is 139 Å². The van der Waals surface area contributed by atoms with Gasteiger partial charge in [-0.25, -0.2) is 0 Å². The highest BCUT2D eigenvalue weighted by Crippen LogP contribution is 2.15. The Morgan fingerprint density at radius 2 is 2.04 bits per heavy atom. The Balaban J connectivity index is 1.93. The first-order valence-corrected chi connectivity index (χ1v) is 8.22. The van der Waals surface area contributed by atoms with Crippen LogP contribution in [-0.4, -0.2) is 35.9 Å². The predicted octanol–water partition coefficient (Wildman–Crippen LogP) is 2.27. The molecule has 0 aromatic heterocycles. The SMILES string of the molecule is CN=C(NCc1cccc(CN2CCCC2=O)c1)NC(C)(C)C. The molecule has 23 heavy (non-hydrogen) atoms. The summed E-state index contributed by atoms with van der Waals surface area (Å²) in [5.74, 6) is 1.06. The van der Waals surface area contributed by atoms with Gasteiger partial charge in [-0.05, 0) is 38.3 Å². The van der Waals surface area contributed by atoms with Crippen molar-refractivity contribution in [3.8, 4) is 0 Å². The second-order valence-corrected chi connectivity index (χ2v) is 7.04. The number of benzene rings is 1. The van der Waals surface area contributed by atoms with Crippen LogP contribution in [0.2, 0.25) is 0 Å². The number of carbonyl (C=O) groups excluding carboxylic acids is 1. The van der Waals surface area contributed by atoms with Gasteiger partial charge in [0.15, 0.2) is 5.96 Å². The van der Waals surface area contributed by atoms with E-state index in [4.69, 9.17) is 0 Å². The van der Waals surface area contributed by atoms with Crippen molar-refractivity contribution in [2.24, 2.45) is 4.99 Å². The number of nitrogens with zero attached hydrogens (tertiary/aromatic N) is 2. The van der Waals surface area contributed by atoms with Crippen LogP contribution in [0.25, 0.3) is 0 Å². The quantitative estimate of drug-likeness (QED) is 0.662. The van der Waals surface area contributed by atoms with Crippen molar-refractivity contribution in [2.75, 3.05) is 13.6 Å². The van der Waals surface area contributed by atoms with Gasteiger partial charge in [-0.1, -0.05) is 24.3 Å². The maximum absolute atomic E-state index is 11.7. The Morgan fingerprint density at radius 1 is 1.30 bits per heavy atom. The molecule has 1 amide bonds. The summed E-state index contributed by atoms with van der Waals surface area (Å²) < 4.78 is 0. The summed E-state index contributed by atoms with van der Waals surface area (Å²) in [7, 11) is 1.77. The van der Waals surface area contributed by atoms with Gasteiger partial charge in [0.2, 0.25) is 5.91 Å². The fraction of sp³-hybridized carbons (Fsp3) is 0.556.